The van der Waals surface area contributed by atoms with Gasteiger partial charge >= 0.3 is 18.1 Å². The van der Waals surface area contributed by atoms with E-state index in [0.717, 1.165) is 17.7 Å². The molecule has 2 aromatic rings. The molecule has 278 valence electrons. The Balaban J connectivity index is 1.06. The molecule has 4 radical (unpaired) electrons. The van der Waals surface area contributed by atoms with Crippen LogP contribution < -0.4 is 16.2 Å². The third-order valence-electron chi connectivity index (χ3n) is 10.7. The largest absolute Gasteiger partial charge is 0.509 e. The number of rotatable bonds is 10. The van der Waals surface area contributed by atoms with Crippen molar-refractivity contribution in [2.45, 2.75) is 70.1 Å². The molecule has 0 aliphatic carbocycles. The molecule has 2 atom stereocenters. The topological polar surface area (TPSA) is 152 Å². The Hall–Kier alpha value is -4.72. The minimum Gasteiger partial charge on any atom is -0.509 e. The molecule has 0 spiro atoms. The van der Waals surface area contributed by atoms with E-state index in [-0.39, 0.29) is 72.5 Å². The molecule has 1 unspecified atom stereocenters. The Kier molecular flexibility index (Phi) is 12.2. The van der Waals surface area contributed by atoms with Crippen LogP contribution in [0.25, 0.3) is 0 Å². The first-order valence-corrected chi connectivity index (χ1v) is 18.4. The van der Waals surface area contributed by atoms with Gasteiger partial charge in [-0.25, -0.2) is 9.59 Å². The molecule has 16 heteroatoms. The van der Waals surface area contributed by atoms with Crippen LogP contribution in [0.2, 0.25) is 0 Å². The van der Waals surface area contributed by atoms with Crippen molar-refractivity contribution in [1.82, 2.24) is 24.5 Å². The maximum Gasteiger partial charge on any atom is 0.410 e. The third-order valence-corrected chi connectivity index (χ3v) is 10.7. The van der Waals surface area contributed by atoms with Gasteiger partial charge in [0.2, 0.25) is 5.91 Å². The zero-order valence-electron chi connectivity index (χ0n) is 30.2. The number of carbonyl (C=O) groups excluding carboxylic acids is 5. The number of aromatic hydroxyl groups is 1. The number of piperidine rings is 1. The number of urea groups is 1. The van der Waals surface area contributed by atoms with Gasteiger partial charge in [-0.3, -0.25) is 19.3 Å². The fraction of sp³-hybridized carbons (Fsp3) is 0.541. The summed E-state index contributed by atoms with van der Waals surface area (Å²) in [5.41, 5.74) is 2.54. The van der Waals surface area contributed by atoms with Crippen LogP contribution in [0.3, 0.4) is 0 Å². The zero-order valence-corrected chi connectivity index (χ0v) is 30.2. The van der Waals surface area contributed by atoms with E-state index in [0.29, 0.717) is 77.3 Å². The number of nitrogens with one attached hydrogen (secondary N) is 1. The number of phenolic OH excluding ortho intramolecular Hbond substituents is 1. The van der Waals surface area contributed by atoms with Crippen molar-refractivity contribution in [2.75, 3.05) is 64.4 Å². The van der Waals surface area contributed by atoms with E-state index in [2.05, 4.69) is 10.2 Å². The van der Waals surface area contributed by atoms with E-state index in [4.69, 9.17) is 25.2 Å². The highest BCUT2D eigenvalue weighted by atomic mass is 16.6. The van der Waals surface area contributed by atoms with Gasteiger partial charge in [-0.05, 0) is 49.8 Å². The summed E-state index contributed by atoms with van der Waals surface area (Å²) in [4.78, 5) is 74.3. The number of para-hydroxylation sites is 1. The lowest BCUT2D eigenvalue weighted by atomic mass is 9.83. The second-order valence-electron chi connectivity index (χ2n) is 14.1. The fourth-order valence-corrected chi connectivity index (χ4v) is 7.71. The van der Waals surface area contributed by atoms with Crippen LogP contribution in [0.5, 0.6) is 5.75 Å². The summed E-state index contributed by atoms with van der Waals surface area (Å²) in [5, 5.41) is 13.1. The first-order valence-electron chi connectivity index (χ1n) is 18.4. The second-order valence-corrected chi connectivity index (χ2v) is 14.1. The predicted molar refractivity (Wildman–Crippen MR) is 197 cm³/mol. The molecule has 14 nitrogen and oxygen atoms in total. The molecular formula is C37H46B2N6O8. The van der Waals surface area contributed by atoms with E-state index in [1.54, 1.807) is 21.6 Å². The molecule has 3 saturated heterocycles. The Labute approximate surface area is 312 Å². The molecule has 4 aliphatic rings. The molecule has 4 heterocycles. The smallest absolute Gasteiger partial charge is 0.410 e. The second kappa shape index (κ2) is 17.0. The van der Waals surface area contributed by atoms with Crippen LogP contribution >= 0.6 is 0 Å². The van der Waals surface area contributed by atoms with Crippen molar-refractivity contribution in [1.29, 1.82) is 0 Å². The van der Waals surface area contributed by atoms with Crippen LogP contribution in [0.4, 0.5) is 15.3 Å². The Morgan fingerprint density at radius 1 is 0.906 bits per heavy atom. The van der Waals surface area contributed by atoms with Crippen molar-refractivity contribution in [3.63, 3.8) is 0 Å². The van der Waals surface area contributed by atoms with Crippen molar-refractivity contribution < 1.29 is 38.6 Å². The number of likely N-dealkylation sites (tertiary alicyclic amines) is 2. The molecule has 0 aromatic heterocycles. The summed E-state index contributed by atoms with van der Waals surface area (Å²) in [7, 11) is 11.9. The van der Waals surface area contributed by atoms with E-state index >= 15 is 0 Å². The lowest BCUT2D eigenvalue weighted by Crippen LogP contribution is -2.51. The van der Waals surface area contributed by atoms with Crippen LogP contribution in [-0.4, -0.2) is 152 Å². The summed E-state index contributed by atoms with van der Waals surface area (Å²) in [5.74, 6) is -1.12. The monoisotopic (exact) mass is 724 g/mol. The highest BCUT2D eigenvalue weighted by Crippen LogP contribution is 2.26. The normalized spacial score (nSPS) is 20.1. The number of phenols is 1. The SMILES string of the molecule is [B]c1cc(C[C@@H](OC(=O)N2CCC(N3CCc4ccccc4NC3=O)CC2)C(=O)N2CCC(N3CCN(C(=O)CCC(=O)OCC)C3)C2)cc([B])c1O. The van der Waals surface area contributed by atoms with Crippen LogP contribution in [0.1, 0.15) is 50.2 Å². The number of ether oxygens (including phenoxy) is 2. The fourth-order valence-electron chi connectivity index (χ4n) is 7.71. The number of nitrogens with zero attached hydrogens (tertiary/aromatic N) is 5. The van der Waals surface area contributed by atoms with Gasteiger partial charge in [-0.15, -0.1) is 0 Å². The van der Waals surface area contributed by atoms with Gasteiger partial charge in [-0.1, -0.05) is 41.3 Å². The first kappa shape index (κ1) is 38.0. The molecule has 6 rings (SSSR count). The predicted octanol–water partition coefficient (Wildman–Crippen LogP) is 0.628. The van der Waals surface area contributed by atoms with Gasteiger partial charge in [-0.2, -0.15) is 0 Å². The lowest BCUT2D eigenvalue weighted by molar-refractivity contribution is -0.145. The van der Waals surface area contributed by atoms with Crippen LogP contribution in [-0.2, 0) is 36.7 Å². The number of carbonyl (C=O) groups is 5. The maximum absolute atomic E-state index is 14.1. The Morgan fingerprint density at radius 2 is 1.60 bits per heavy atom. The van der Waals surface area contributed by atoms with Gasteiger partial charge < -0.3 is 39.5 Å². The molecule has 3 fully saturated rings. The summed E-state index contributed by atoms with van der Waals surface area (Å²) in [6.07, 6.45) is 0.853. The molecule has 5 amide bonds. The number of hydrogen-bond donors (Lipinski definition) is 2. The highest BCUT2D eigenvalue weighted by Gasteiger charge is 2.39. The van der Waals surface area contributed by atoms with Gasteiger partial charge in [0.25, 0.3) is 5.91 Å². The third kappa shape index (κ3) is 9.09. The highest BCUT2D eigenvalue weighted by molar-refractivity contribution is 6.41. The minimum atomic E-state index is -1.18. The van der Waals surface area contributed by atoms with Crippen molar-refractivity contribution >= 4 is 62.2 Å². The molecular weight excluding hydrogens is 678 g/mol. The molecule has 2 N–H and O–H groups in total. The van der Waals surface area contributed by atoms with Crippen molar-refractivity contribution in [3.05, 3.63) is 47.5 Å². The molecule has 0 bridgehead atoms. The van der Waals surface area contributed by atoms with Crippen molar-refractivity contribution in [2.24, 2.45) is 0 Å². The molecule has 0 saturated carbocycles. The van der Waals surface area contributed by atoms with Gasteiger partial charge in [0.05, 0.1) is 19.7 Å². The average Bonchev–Trinajstić information content (AvgIpc) is 3.81. The van der Waals surface area contributed by atoms with Crippen molar-refractivity contribution in [3.8, 4) is 5.75 Å². The number of benzene rings is 2. The van der Waals surface area contributed by atoms with Crippen LogP contribution in [0.15, 0.2) is 36.4 Å². The standard InChI is InChI=1S/C37H46B2N6O8/c1-2-52-33(47)8-7-32(46)44-18-17-43(23-44)27-12-15-42(22-27)35(49)31(21-24-19-28(38)34(48)29(39)20-24)53-37(51)41-13-10-26(11-14-41)45-16-9-25-5-3-4-6-30(25)40-36(45)50/h3-6,19-20,26-27,31,48H,2,7-18,21-23H2,1H3,(H,40,50)/t27?,31-/m1/s1. The average molecular weight is 724 g/mol. The van der Waals surface area contributed by atoms with Gasteiger partial charge in [0, 0.05) is 76.4 Å². The van der Waals surface area contributed by atoms with E-state index < -0.39 is 18.2 Å². The minimum absolute atomic E-state index is 0.00104. The molecule has 2 aromatic carbocycles. The number of hydrogen-bond acceptors (Lipinski definition) is 9. The zero-order chi connectivity index (χ0) is 37.6. The van der Waals surface area contributed by atoms with Gasteiger partial charge in [0.15, 0.2) is 6.10 Å². The number of anilines is 1. The van der Waals surface area contributed by atoms with E-state index in [1.165, 1.54) is 12.1 Å². The van der Waals surface area contributed by atoms with Crippen LogP contribution in [0, 0.1) is 0 Å². The number of amides is 5. The summed E-state index contributed by atoms with van der Waals surface area (Å²) in [6, 6.07) is 10.6. The Morgan fingerprint density at radius 3 is 2.34 bits per heavy atom. The van der Waals surface area contributed by atoms with Gasteiger partial charge in [0.1, 0.15) is 21.4 Å². The van der Waals surface area contributed by atoms with E-state index in [1.807, 2.05) is 29.2 Å². The summed E-state index contributed by atoms with van der Waals surface area (Å²) in [6.45, 7) is 5.70. The molecule has 4 aliphatic heterocycles. The number of fused-ring (bicyclic) bond motifs is 1. The maximum atomic E-state index is 14.1. The Bertz CT molecular complexity index is 1680. The summed E-state index contributed by atoms with van der Waals surface area (Å²) >= 11 is 0. The lowest BCUT2D eigenvalue weighted by Gasteiger charge is -2.38. The quantitative estimate of drug-likeness (QED) is 0.266. The number of esters is 1. The molecule has 53 heavy (non-hydrogen) atoms. The first-order chi connectivity index (χ1) is 25.5. The van der Waals surface area contributed by atoms with E-state index in [9.17, 15) is 29.1 Å². The summed E-state index contributed by atoms with van der Waals surface area (Å²) < 4.78 is 10.9.